The number of hydrogen-bond donors (Lipinski definition) is 0. The predicted molar refractivity (Wildman–Crippen MR) is 122 cm³/mol. The van der Waals surface area contributed by atoms with Crippen molar-refractivity contribution in [2.24, 2.45) is 0 Å². The molecule has 0 nitrogen and oxygen atoms in total. The molecule has 0 saturated carbocycles. The van der Waals surface area contributed by atoms with Gasteiger partial charge in [-0.15, -0.1) is 0 Å². The second kappa shape index (κ2) is 6.98. The van der Waals surface area contributed by atoms with Gasteiger partial charge in [-0.05, 0) is 0 Å². The Bertz CT molecular complexity index is 916. The van der Waals surface area contributed by atoms with E-state index in [1.807, 2.05) is 0 Å². The van der Waals surface area contributed by atoms with Crippen LogP contribution in [-0.4, -0.2) is 36.8 Å². The molecule has 0 fully saturated rings. The van der Waals surface area contributed by atoms with Gasteiger partial charge in [0.1, 0.15) is 0 Å². The molecule has 0 N–H and O–H groups in total. The molecular weight excluding hydrogens is 618 g/mol. The van der Waals surface area contributed by atoms with Gasteiger partial charge in [-0.1, -0.05) is 0 Å². The summed E-state index contributed by atoms with van der Waals surface area (Å²) in [5.74, 6) is -6.17. The van der Waals surface area contributed by atoms with Crippen LogP contribution in [0.15, 0.2) is 12.1 Å². The summed E-state index contributed by atoms with van der Waals surface area (Å²) in [5, 5.41) is 0.668. The fourth-order valence-corrected chi connectivity index (χ4v) is 16.4. The van der Waals surface area contributed by atoms with Gasteiger partial charge in [-0.25, -0.2) is 0 Å². The molecule has 0 unspecified atom stereocenters. The molecule has 0 aliphatic rings. The summed E-state index contributed by atoms with van der Waals surface area (Å²) in [5.41, 5.74) is -0.120. The van der Waals surface area contributed by atoms with Gasteiger partial charge in [0.2, 0.25) is 0 Å². The average molecular weight is 644 g/mol. The van der Waals surface area contributed by atoms with Crippen molar-refractivity contribution in [3.8, 4) is 0 Å². The van der Waals surface area contributed by atoms with E-state index in [1.54, 1.807) is 12.1 Å². The summed E-state index contributed by atoms with van der Waals surface area (Å²) in [4.78, 5) is 13.1. The number of halogens is 4. The van der Waals surface area contributed by atoms with Gasteiger partial charge in [0.25, 0.3) is 0 Å². The van der Waals surface area contributed by atoms with Crippen molar-refractivity contribution in [1.29, 1.82) is 0 Å². The van der Waals surface area contributed by atoms with Crippen LogP contribution in [0.3, 0.4) is 0 Å². The molecule has 0 spiro atoms. The summed E-state index contributed by atoms with van der Waals surface area (Å²) in [6.45, 7) is 1.78. The quantitative estimate of drug-likeness (QED) is 0.205. The minimum absolute atomic E-state index is 0.0599. The van der Waals surface area contributed by atoms with E-state index in [-0.39, 0.29) is 11.1 Å². The normalized spacial score (nSPS) is 14.4. The second-order valence-electron chi connectivity index (χ2n) is 9.73. The first-order valence-corrected chi connectivity index (χ1v) is 30.8. The van der Waals surface area contributed by atoms with E-state index in [4.69, 9.17) is 0 Å². The van der Waals surface area contributed by atoms with Crippen LogP contribution in [0, 0.1) is 0 Å². The summed E-state index contributed by atoms with van der Waals surface area (Å²) in [6, 6.07) is 3.61. The van der Waals surface area contributed by atoms with E-state index in [0.29, 0.717) is 20.2 Å². The molecule has 0 atom stereocenters. The Kier molecular flexibility index (Phi) is 5.77. The Hall–Kier alpha value is 0.457. The molecule has 0 bridgehead atoms. The summed E-state index contributed by atoms with van der Waals surface area (Å²) < 4.78 is 62.1. The Morgan fingerprint density at radius 2 is 0.929 bits per heavy atom. The molecule has 28 heavy (non-hydrogen) atoms. The van der Waals surface area contributed by atoms with Gasteiger partial charge in [-0.3, -0.25) is 0 Å². The van der Waals surface area contributed by atoms with E-state index in [1.165, 1.54) is 22.7 Å². The van der Waals surface area contributed by atoms with Crippen LogP contribution in [-0.2, 0) is 11.8 Å². The molecule has 0 radical (unpaired) electrons. The van der Waals surface area contributed by atoms with Gasteiger partial charge in [-0.2, -0.15) is 0 Å². The van der Waals surface area contributed by atoms with Gasteiger partial charge < -0.3 is 0 Å². The van der Waals surface area contributed by atoms with Crippen LogP contribution in [0.2, 0.25) is 29.6 Å². The molecule has 0 saturated heterocycles. The van der Waals surface area contributed by atoms with Crippen molar-refractivity contribution in [3.05, 3.63) is 23.3 Å². The Balaban J connectivity index is 2.62. The Labute approximate surface area is 180 Å². The van der Waals surface area contributed by atoms with Gasteiger partial charge in [0, 0.05) is 0 Å². The van der Waals surface area contributed by atoms with Crippen LogP contribution in [0.5, 0.6) is 0 Å². The van der Waals surface area contributed by atoms with Crippen LogP contribution in [0.1, 0.15) is 25.0 Å². The minimum atomic E-state index is -3.08. The van der Waals surface area contributed by atoms with Gasteiger partial charge in [0.15, 0.2) is 0 Å². The number of benzene rings is 1. The monoisotopic (exact) mass is 646 g/mol. The van der Waals surface area contributed by atoms with Crippen molar-refractivity contribution >= 4 is 85.4 Å². The summed E-state index contributed by atoms with van der Waals surface area (Å²) in [7, 11) is 0. The van der Waals surface area contributed by atoms with Crippen molar-refractivity contribution in [1.82, 2.24) is 0 Å². The predicted octanol–water partition coefficient (Wildman–Crippen LogP) is 7.43. The van der Waals surface area contributed by atoms with Crippen molar-refractivity contribution in [2.75, 3.05) is 0 Å². The SMILES string of the molecule is CC(F)(F)c1c2c[c]([Sn]([CH3])([CH3])[CH3])sc2c(C(C)(F)F)c2c[c]([Sn]([CH3])([CH3])[CH3])sc12. The third-order valence-electron chi connectivity index (χ3n) is 4.81. The van der Waals surface area contributed by atoms with Crippen molar-refractivity contribution in [3.63, 3.8) is 0 Å². The standard InChI is InChI=1S/C14H8F4S2.6CH3.2Sn/c1-13(15,16)9-7-3-5-20-12(7)10(14(2,17)18)8-4-6-19-11(8)9;;;;;;;;/h3-4H,1-2H3;6*1H3;;. The van der Waals surface area contributed by atoms with Crippen LogP contribution in [0.4, 0.5) is 17.6 Å². The summed E-state index contributed by atoms with van der Waals surface area (Å²) in [6.07, 6.45) is 0. The van der Waals surface area contributed by atoms with Crippen molar-refractivity contribution < 1.29 is 17.6 Å². The van der Waals surface area contributed by atoms with Gasteiger partial charge >= 0.3 is 182 Å². The second-order valence-corrected chi connectivity index (χ2v) is 42.7. The molecule has 2 heterocycles. The molecule has 0 amide bonds. The zero-order valence-corrected chi connectivity index (χ0v) is 24.8. The number of thiophene rings is 2. The number of alkyl halides is 4. The topological polar surface area (TPSA) is 0 Å². The third kappa shape index (κ3) is 4.13. The maximum absolute atomic E-state index is 14.8. The molecule has 0 aliphatic heterocycles. The van der Waals surface area contributed by atoms with Crippen LogP contribution in [0.25, 0.3) is 20.2 Å². The summed E-state index contributed by atoms with van der Waals surface area (Å²) >= 11 is -2.60. The average Bonchev–Trinajstić information content (AvgIpc) is 3.03. The van der Waals surface area contributed by atoms with Gasteiger partial charge in [0.05, 0.1) is 0 Å². The number of fused-ring (bicyclic) bond motifs is 2. The van der Waals surface area contributed by atoms with E-state index in [9.17, 15) is 17.6 Å². The molecule has 3 aromatic rings. The third-order valence-corrected chi connectivity index (χ3v) is 26.0. The first kappa shape index (κ1) is 23.1. The maximum atomic E-state index is 14.8. The first-order chi connectivity index (χ1) is 12.4. The fourth-order valence-electron chi connectivity index (χ4n) is 3.38. The number of hydrogen-bond acceptors (Lipinski definition) is 2. The molecular formula is C20H26F4S2Sn2. The zero-order chi connectivity index (χ0) is 21.4. The zero-order valence-electron chi connectivity index (χ0n) is 17.5. The van der Waals surface area contributed by atoms with E-state index < -0.39 is 48.6 Å². The number of rotatable bonds is 4. The van der Waals surface area contributed by atoms with E-state index in [2.05, 4.69) is 29.6 Å². The van der Waals surface area contributed by atoms with E-state index >= 15 is 0 Å². The van der Waals surface area contributed by atoms with Crippen LogP contribution < -0.4 is 5.79 Å². The Morgan fingerprint density at radius 3 is 1.14 bits per heavy atom. The van der Waals surface area contributed by atoms with Crippen LogP contribution >= 0.6 is 22.7 Å². The molecule has 1 aromatic carbocycles. The molecule has 154 valence electrons. The fraction of sp³-hybridized carbons (Fsp3) is 0.500. The van der Waals surface area contributed by atoms with E-state index in [0.717, 1.165) is 19.6 Å². The molecule has 3 rings (SSSR count). The molecule has 2 aromatic heterocycles. The first-order valence-electron chi connectivity index (χ1n) is 9.23. The molecule has 8 heteroatoms. The van der Waals surface area contributed by atoms with Crippen molar-refractivity contribution in [2.45, 2.75) is 55.3 Å². The Morgan fingerprint density at radius 1 is 0.643 bits per heavy atom. The molecule has 0 aliphatic carbocycles.